The monoisotopic (exact) mass is 526 g/mol. The van der Waals surface area contributed by atoms with Crippen LogP contribution in [-0.2, 0) is 0 Å². The maximum atomic E-state index is 3.06. The molecule has 18 saturated carbocycles. The van der Waals surface area contributed by atoms with Gasteiger partial charge in [0, 0.05) is 0 Å². The van der Waals surface area contributed by atoms with E-state index in [1.54, 1.807) is 12.8 Å². The normalized spacial score (nSPS) is 111. The number of hydrogen-bond acceptors (Lipinski definition) is 0. The molecule has 28 atom stereocenters. The first-order valence-corrected chi connectivity index (χ1v) is 18.8. The first-order valence-electron chi connectivity index (χ1n) is 18.8. The molecule has 0 radical (unpaired) electrons. The van der Waals surface area contributed by atoms with E-state index in [9.17, 15) is 0 Å². The highest BCUT2D eigenvalue weighted by atomic mass is 15.5. The Hall–Kier alpha value is 0. The average Bonchev–Trinajstić information content (AvgIpc) is 2.88. The Kier molecular flexibility index (Phi) is 1.47. The summed E-state index contributed by atoms with van der Waals surface area (Å²) in [6.07, 6.45) is 3.34. The lowest BCUT2D eigenvalue weighted by Gasteiger charge is -3.43. The highest BCUT2D eigenvalue weighted by Crippen LogP contribution is 3.45. The molecule has 18 rings (SSSR count). The van der Waals surface area contributed by atoms with Crippen molar-refractivity contribution >= 4 is 0 Å². The Bertz CT molecular complexity index is 1690. The predicted octanol–water partition coefficient (Wildman–Crippen LogP) is 7.39. The number of rotatable bonds is 0. The van der Waals surface area contributed by atoms with Crippen LogP contribution in [-0.4, -0.2) is 0 Å². The smallest absolute Gasteiger partial charge is 0.00566 e. The van der Waals surface area contributed by atoms with Crippen molar-refractivity contribution in [1.82, 2.24) is 0 Å². The van der Waals surface area contributed by atoms with Crippen molar-refractivity contribution in [2.24, 2.45) is 158 Å². The molecular weight excluding hydrogens is 480 g/mol. The summed E-state index contributed by atoms with van der Waals surface area (Å²) in [5.74, 6) is 14.1. The zero-order valence-corrected chi connectivity index (χ0v) is 26.3. The largest absolute Gasteiger partial charge is 0.0617 e. The maximum Gasteiger partial charge on any atom is -0.00566 e. The Morgan fingerprint density at radius 3 is 1.02 bits per heavy atom. The van der Waals surface area contributed by atoms with Gasteiger partial charge in [0.1, 0.15) is 0 Å². The predicted molar refractivity (Wildman–Crippen MR) is 147 cm³/mol. The van der Waals surface area contributed by atoms with Crippen LogP contribution in [0.4, 0.5) is 0 Å². The van der Waals surface area contributed by atoms with Crippen molar-refractivity contribution in [3.8, 4) is 0 Å². The van der Waals surface area contributed by atoms with Gasteiger partial charge in [-0.3, -0.25) is 0 Å². The van der Waals surface area contributed by atoms with Crippen LogP contribution in [0.15, 0.2) is 0 Å². The van der Waals surface area contributed by atoms with Crippen LogP contribution in [0.25, 0.3) is 0 Å². The van der Waals surface area contributed by atoms with Crippen LogP contribution in [0.3, 0.4) is 0 Å². The zero-order valence-electron chi connectivity index (χ0n) is 26.3. The van der Waals surface area contributed by atoms with Gasteiger partial charge in [0.15, 0.2) is 0 Å². The third-order valence-corrected chi connectivity index (χ3v) is 30.1. The van der Waals surface area contributed by atoms with E-state index in [2.05, 4.69) is 69.2 Å². The van der Waals surface area contributed by atoms with Crippen LogP contribution in [0.5, 0.6) is 0 Å². The lowest BCUT2D eigenvalue weighted by Crippen LogP contribution is -3.41. The Morgan fingerprint density at radius 1 is 0.350 bits per heavy atom. The van der Waals surface area contributed by atoms with E-state index < -0.39 is 0 Å². The molecule has 18 aliphatic rings. The standard InChI is InChI=1S/C40H46/c1-13-15-11-17-19-21-23-24-22-20-18-12-16-14(2)26(4)28(6)30(8)32(10)31(9)29(7)27(5)25(13,3)33(15,17)35(19,27)37(21,29)39(23,31)40(24,32)38(22,30)36(20,28)34(16,18)26/h13-24H,11-12H2,1-10H3. The fourth-order valence-electron chi connectivity index (χ4n) is 33.4. The van der Waals surface area contributed by atoms with Crippen molar-refractivity contribution in [2.75, 3.05) is 0 Å². The molecule has 0 aromatic carbocycles. The van der Waals surface area contributed by atoms with Crippen LogP contribution in [0, 0.1) is 158 Å². The van der Waals surface area contributed by atoms with Gasteiger partial charge in [-0.25, -0.2) is 0 Å². The molecule has 0 bridgehead atoms. The van der Waals surface area contributed by atoms with Crippen molar-refractivity contribution in [2.45, 2.75) is 82.1 Å². The minimum Gasteiger partial charge on any atom is -0.0617 e. The summed E-state index contributed by atoms with van der Waals surface area (Å²) in [7, 11) is 0. The summed E-state index contributed by atoms with van der Waals surface area (Å²) < 4.78 is 0. The summed E-state index contributed by atoms with van der Waals surface area (Å²) in [5, 5.41) is 0. The third-order valence-electron chi connectivity index (χ3n) is 30.1. The molecule has 0 aromatic heterocycles. The fraction of sp³-hybridized carbons (Fsp3) is 1.00. The number of hydrogen-bond donors (Lipinski definition) is 0. The van der Waals surface area contributed by atoms with E-state index in [-0.39, 0.29) is 0 Å². The highest BCUT2D eigenvalue weighted by molar-refractivity contribution is 5.88. The van der Waals surface area contributed by atoms with Gasteiger partial charge in [-0.2, -0.15) is 0 Å². The molecule has 0 saturated heterocycles. The molecule has 0 aliphatic heterocycles. The highest BCUT2D eigenvalue weighted by Gasteiger charge is 3.43. The SMILES string of the molecule is CC1C2CC3C4C5C6C7C8C9C%10CC%11C(C)C%12(C)C%11%10C9%10C%12(C)C9(C)C%11(C)C%12(C)C%13(C)C%14(C)C1(C)C23C4%14C5%13C6%12C7%11C89%10. The summed E-state index contributed by atoms with van der Waals surface area (Å²) in [5.41, 5.74) is 12.1. The third kappa shape index (κ3) is 0.528. The zero-order chi connectivity index (χ0) is 26.3. The molecule has 0 nitrogen and oxygen atoms in total. The lowest BCUT2D eigenvalue weighted by atomic mass is 8.60. The molecule has 8 spiro atoms. The van der Waals surface area contributed by atoms with Crippen molar-refractivity contribution in [3.63, 3.8) is 0 Å². The molecule has 40 heavy (non-hydrogen) atoms. The second-order valence-corrected chi connectivity index (χ2v) is 23.4. The first-order chi connectivity index (χ1) is 18.8. The number of fused-ring (bicyclic) bond motifs is 14. The fourth-order valence-corrected chi connectivity index (χ4v) is 33.4. The molecule has 28 unspecified atom stereocenters. The van der Waals surface area contributed by atoms with Crippen LogP contribution < -0.4 is 0 Å². The van der Waals surface area contributed by atoms with Gasteiger partial charge >= 0.3 is 0 Å². The van der Waals surface area contributed by atoms with Gasteiger partial charge in [-0.15, -0.1) is 0 Å². The second kappa shape index (κ2) is 3.14. The second-order valence-electron chi connectivity index (χ2n) is 23.4. The molecule has 18 fully saturated rings. The van der Waals surface area contributed by atoms with Gasteiger partial charge in [-0.05, 0) is 170 Å². The Balaban J connectivity index is 0.987. The molecule has 0 aromatic rings. The molecule has 0 heterocycles. The lowest BCUT2D eigenvalue weighted by molar-refractivity contribution is -0.979. The van der Waals surface area contributed by atoms with Crippen molar-refractivity contribution in [1.29, 1.82) is 0 Å². The average molecular weight is 527 g/mol. The summed E-state index contributed by atoms with van der Waals surface area (Å²) in [6, 6.07) is 0. The van der Waals surface area contributed by atoms with E-state index in [0.29, 0.717) is 43.3 Å². The topological polar surface area (TPSA) is 0 Å². The van der Waals surface area contributed by atoms with E-state index in [4.69, 9.17) is 0 Å². The molecule has 206 valence electrons. The van der Waals surface area contributed by atoms with Crippen molar-refractivity contribution < 1.29 is 0 Å². The summed E-state index contributed by atoms with van der Waals surface area (Å²) in [6.45, 7) is 29.5. The van der Waals surface area contributed by atoms with Gasteiger partial charge in [-0.1, -0.05) is 69.2 Å². The minimum absolute atomic E-state index is 0.634. The van der Waals surface area contributed by atoms with Gasteiger partial charge in [0.25, 0.3) is 0 Å². The van der Waals surface area contributed by atoms with E-state index in [1.165, 1.54) is 47.3 Å². The van der Waals surface area contributed by atoms with Gasteiger partial charge in [0.05, 0.1) is 0 Å². The summed E-state index contributed by atoms with van der Waals surface area (Å²) >= 11 is 0. The van der Waals surface area contributed by atoms with Gasteiger partial charge < -0.3 is 0 Å². The van der Waals surface area contributed by atoms with Crippen LogP contribution in [0.2, 0.25) is 0 Å². The molecule has 0 N–H and O–H groups in total. The first kappa shape index (κ1) is 18.7. The van der Waals surface area contributed by atoms with Crippen LogP contribution >= 0.6 is 0 Å². The van der Waals surface area contributed by atoms with E-state index in [1.807, 2.05) is 0 Å². The van der Waals surface area contributed by atoms with E-state index in [0.717, 1.165) is 67.0 Å². The summed E-state index contributed by atoms with van der Waals surface area (Å²) in [4.78, 5) is 0. The van der Waals surface area contributed by atoms with Gasteiger partial charge in [0.2, 0.25) is 0 Å². The molecular formula is C40H46. The Labute approximate surface area is 239 Å². The molecule has 0 amide bonds. The van der Waals surface area contributed by atoms with Crippen LogP contribution in [0.1, 0.15) is 82.1 Å². The minimum atomic E-state index is 0.634. The van der Waals surface area contributed by atoms with Crippen molar-refractivity contribution in [3.05, 3.63) is 0 Å². The van der Waals surface area contributed by atoms with E-state index >= 15 is 0 Å². The quantitative estimate of drug-likeness (QED) is 0.309. The molecule has 0 heteroatoms. The maximum absolute atomic E-state index is 3.06. The molecule has 18 aliphatic carbocycles. The Morgan fingerprint density at radius 2 is 0.650 bits per heavy atom.